The van der Waals surface area contributed by atoms with Crippen LogP contribution in [0.15, 0.2) is 0 Å². The zero-order valence-corrected chi connectivity index (χ0v) is 68.5. The van der Waals surface area contributed by atoms with Gasteiger partial charge in [-0.1, -0.05) is 107 Å². The monoisotopic (exact) mass is 1410 g/mol. The van der Waals surface area contributed by atoms with Crippen molar-refractivity contribution >= 4 is 28.5 Å². The van der Waals surface area contributed by atoms with Crippen LogP contribution in [0.25, 0.3) is 0 Å². The van der Waals surface area contributed by atoms with Gasteiger partial charge in [0.1, 0.15) is 0 Å². The lowest BCUT2D eigenvalue weighted by Gasteiger charge is -2.28. The molecule has 0 aliphatic carbocycles. The summed E-state index contributed by atoms with van der Waals surface area (Å²) in [5.41, 5.74) is 0. The van der Waals surface area contributed by atoms with Gasteiger partial charge in [-0.2, -0.15) is 0 Å². The average Bonchev–Trinajstić information content (AvgIpc) is 1.88. The molecule has 0 radical (unpaired) electrons. The molecule has 24 heteroatoms. The second kappa shape index (κ2) is 63.8. The van der Waals surface area contributed by atoms with Gasteiger partial charge >= 0.3 is 0 Å². The van der Waals surface area contributed by atoms with Crippen LogP contribution in [-0.2, 0) is 0 Å². The fourth-order valence-corrected chi connectivity index (χ4v) is 14.9. The van der Waals surface area contributed by atoms with E-state index in [-0.39, 0.29) is 0 Å². The molecule has 0 aromatic carbocycles. The SMILES string of the molecule is CCCC[N+]1(C)CCCC1.CCCC[N+]1(C)CCCC1.CCCC[N+]1(C)CCCC1.CCCC[N+]1(C)CCCC1.CCCC[N+]1(C)CCCC1.CCCC[N+]1(C)CCCC1.CCCC[N+]1(C)CCCC1.CCCC[N+]1(C)CCCC1.N#CB([O-])[O-].N#CB([O-])[O-].N#CB([O-])[O-].N#CB([O-])[O-]. The predicted molar refractivity (Wildman–Crippen MR) is 405 cm³/mol. The Morgan fingerprint density at radius 1 is 0.200 bits per heavy atom. The maximum Gasteiger partial charge on any atom is 0.0786 e. The summed E-state index contributed by atoms with van der Waals surface area (Å²) in [5, 5.41) is 101. The van der Waals surface area contributed by atoms with E-state index in [9.17, 15) is 0 Å². The van der Waals surface area contributed by atoms with Gasteiger partial charge in [-0.3, -0.25) is 0 Å². The van der Waals surface area contributed by atoms with Crippen LogP contribution >= 0.6 is 0 Å². The molecule has 0 amide bonds. The van der Waals surface area contributed by atoms with Gasteiger partial charge in [0.05, 0.1) is 213 Å². The molecule has 0 atom stereocenters. The lowest BCUT2D eigenvalue weighted by Crippen LogP contribution is -2.43. The molecule has 0 aromatic heterocycles. The van der Waals surface area contributed by atoms with Crippen LogP contribution in [0.2, 0.25) is 0 Å². The average molecular weight is 1410 g/mol. The largest absolute Gasteiger partial charge is 0.881 e. The molecule has 8 aliphatic rings. The molecule has 0 saturated carbocycles. The number of nitriles is 4. The van der Waals surface area contributed by atoms with Gasteiger partial charge in [0.2, 0.25) is 0 Å². The zero-order chi connectivity index (χ0) is 76.7. The molecule has 0 unspecified atom stereocenters. The molecule has 0 aromatic rings. The normalized spacial score (nSPS) is 19.9. The summed E-state index contributed by atoms with van der Waals surface area (Å²) in [6.45, 7) is 52.4. The minimum absolute atomic E-state index is 0.917. The van der Waals surface area contributed by atoms with Gasteiger partial charge in [-0.15, -0.1) is 0 Å². The van der Waals surface area contributed by atoms with Crippen molar-refractivity contribution in [3.8, 4) is 23.9 Å². The Labute approximate surface area is 620 Å². The minimum atomic E-state index is -2.31. The zero-order valence-electron chi connectivity index (χ0n) is 68.5. The third kappa shape index (κ3) is 61.8. The molecule has 0 N–H and O–H groups in total. The molecule has 8 heterocycles. The Balaban J connectivity index is -0.000000508. The maximum atomic E-state index is 8.98. The van der Waals surface area contributed by atoms with Crippen molar-refractivity contribution in [1.29, 1.82) is 21.0 Å². The van der Waals surface area contributed by atoms with Crippen molar-refractivity contribution in [2.24, 2.45) is 0 Å². The number of likely N-dealkylation sites (tertiary alicyclic amines) is 8. The predicted octanol–water partition coefficient (Wildman–Crippen LogP) is 5.25. The maximum absolute atomic E-state index is 8.98. The Hall–Kier alpha value is -2.42. The quantitative estimate of drug-likeness (QED) is 0.0886. The number of quaternary nitrogens is 8. The minimum Gasteiger partial charge on any atom is -0.881 e. The molecule has 8 saturated heterocycles. The van der Waals surface area contributed by atoms with E-state index in [1.807, 2.05) is 0 Å². The highest BCUT2D eigenvalue weighted by Crippen LogP contribution is 2.22. The van der Waals surface area contributed by atoms with Crippen LogP contribution in [0, 0.1) is 44.9 Å². The number of nitrogens with zero attached hydrogens (tertiary/aromatic N) is 12. The molecular formula is C76H160B4N12O8. The third-order valence-electron chi connectivity index (χ3n) is 22.0. The molecule has 100 heavy (non-hydrogen) atoms. The van der Waals surface area contributed by atoms with Crippen molar-refractivity contribution in [2.45, 2.75) is 261 Å². The van der Waals surface area contributed by atoms with Gasteiger partial charge in [0, 0.05) is 131 Å². The van der Waals surface area contributed by atoms with E-state index in [1.165, 1.54) is 398 Å². The molecular weight excluding hydrogens is 1250 g/mol. The van der Waals surface area contributed by atoms with Crippen molar-refractivity contribution < 1.29 is 76.1 Å². The highest BCUT2D eigenvalue weighted by Gasteiger charge is 2.31. The van der Waals surface area contributed by atoms with Crippen LogP contribution < -0.4 is 40.2 Å². The summed E-state index contributed by atoms with van der Waals surface area (Å²) in [5.74, 6) is 3.67. The molecule has 8 aliphatic heterocycles. The number of hydrogen-bond donors (Lipinski definition) is 0. The Kier molecular flexibility index (Phi) is 66.3. The first-order valence-corrected chi connectivity index (χ1v) is 40.8. The second-order valence-corrected chi connectivity index (χ2v) is 32.7. The van der Waals surface area contributed by atoms with Crippen molar-refractivity contribution in [2.75, 3.05) is 213 Å². The molecule has 20 nitrogen and oxygen atoms in total. The Bertz CT molecular complexity index is 1620. The summed E-state index contributed by atoms with van der Waals surface area (Å²) in [6.07, 6.45) is 45.5. The van der Waals surface area contributed by atoms with Gasteiger partial charge in [0.25, 0.3) is 0 Å². The Morgan fingerprint density at radius 3 is 0.320 bits per heavy atom. The van der Waals surface area contributed by atoms with Crippen molar-refractivity contribution in [3.05, 3.63) is 0 Å². The van der Waals surface area contributed by atoms with E-state index < -0.39 is 28.5 Å². The second-order valence-electron chi connectivity index (χ2n) is 32.7. The molecule has 0 spiro atoms. The highest BCUT2D eigenvalue weighted by molar-refractivity contribution is 6.47. The van der Waals surface area contributed by atoms with Crippen LogP contribution in [0.3, 0.4) is 0 Å². The first-order valence-electron chi connectivity index (χ1n) is 40.8. The van der Waals surface area contributed by atoms with Gasteiger partial charge < -0.3 is 76.1 Å². The van der Waals surface area contributed by atoms with E-state index in [4.69, 9.17) is 61.2 Å². The van der Waals surface area contributed by atoms with Crippen LogP contribution in [0.5, 0.6) is 0 Å². The first kappa shape index (κ1) is 104. The molecule has 0 bridgehead atoms. The standard InChI is InChI=1S/8C9H20N.4CBNO2/c8*1-3-4-7-10(2)8-5-6-9-10;4*3-1-2(4)5/h8*3-9H2,1-2H3;;;;/q8*+1;4*-2. The van der Waals surface area contributed by atoms with E-state index in [0.29, 0.717) is 0 Å². The topological polar surface area (TPSA) is 280 Å². The summed E-state index contributed by atoms with van der Waals surface area (Å²) in [6, 6.07) is 0. The van der Waals surface area contributed by atoms with Gasteiger partial charge in [-0.05, 0) is 75.2 Å². The summed E-state index contributed by atoms with van der Waals surface area (Å²) < 4.78 is 10.8. The van der Waals surface area contributed by atoms with E-state index >= 15 is 0 Å². The van der Waals surface area contributed by atoms with Crippen LogP contribution in [-0.4, -0.2) is 278 Å². The van der Waals surface area contributed by atoms with Gasteiger partial charge in [0.15, 0.2) is 0 Å². The van der Waals surface area contributed by atoms with Crippen LogP contribution in [0.1, 0.15) is 261 Å². The van der Waals surface area contributed by atoms with Crippen molar-refractivity contribution in [3.63, 3.8) is 0 Å². The van der Waals surface area contributed by atoms with E-state index in [2.05, 4.69) is 112 Å². The Morgan fingerprint density at radius 2 is 0.270 bits per heavy atom. The first-order chi connectivity index (χ1) is 47.2. The molecule has 584 valence electrons. The van der Waals surface area contributed by atoms with Gasteiger partial charge in [-0.25, -0.2) is 21.0 Å². The summed E-state index contributed by atoms with van der Waals surface area (Å²) in [7, 11) is 10.0. The molecule has 8 fully saturated rings. The van der Waals surface area contributed by atoms with E-state index in [0.717, 1.165) is 23.9 Å². The number of rotatable bonds is 24. The fraction of sp³-hybridized carbons (Fsp3) is 0.947. The third-order valence-corrected chi connectivity index (χ3v) is 22.0. The summed E-state index contributed by atoms with van der Waals surface area (Å²) in [4.78, 5) is 0. The van der Waals surface area contributed by atoms with Crippen molar-refractivity contribution in [1.82, 2.24) is 0 Å². The molecule has 8 rings (SSSR count). The summed E-state index contributed by atoms with van der Waals surface area (Å²) >= 11 is 0. The smallest absolute Gasteiger partial charge is 0.0786 e. The van der Waals surface area contributed by atoms with Crippen LogP contribution in [0.4, 0.5) is 0 Å². The lowest BCUT2D eigenvalue weighted by atomic mass is 9.97. The lowest BCUT2D eigenvalue weighted by molar-refractivity contribution is -0.897. The number of hydrogen-bond acceptors (Lipinski definition) is 12. The van der Waals surface area contributed by atoms with E-state index in [1.54, 1.807) is 0 Å². The fourth-order valence-electron chi connectivity index (χ4n) is 14.9. The number of unbranched alkanes of at least 4 members (excludes halogenated alkanes) is 8. The highest BCUT2D eigenvalue weighted by atomic mass is 16.4.